The van der Waals surface area contributed by atoms with E-state index in [1.807, 2.05) is 0 Å². The maximum absolute atomic E-state index is 10.8. The van der Waals surface area contributed by atoms with E-state index in [9.17, 15) is 4.79 Å². The molecule has 0 amide bonds. The summed E-state index contributed by atoms with van der Waals surface area (Å²) in [5, 5.41) is 3.21. The summed E-state index contributed by atoms with van der Waals surface area (Å²) in [6.07, 6.45) is 0. The van der Waals surface area contributed by atoms with Gasteiger partial charge >= 0.3 is 0 Å². The third-order valence-corrected chi connectivity index (χ3v) is 1.38. The normalized spacial score (nSPS) is 9.18. The zero-order chi connectivity index (χ0) is 8.27. The topological polar surface area (TPSA) is 53.3 Å². The molecule has 3 nitrogen and oxygen atoms in total. The van der Waals surface area contributed by atoms with Crippen molar-refractivity contribution in [3.05, 3.63) is 29.8 Å². The molecule has 0 fully saturated rings. The standard InChI is InChI=1S/C8H8N2O/c1-6(11)7-3-2-4-8(5-7)10-9/h2-5,9H,1H3. The summed E-state index contributed by atoms with van der Waals surface area (Å²) in [6.45, 7) is 1.49. The molecule has 0 aliphatic carbocycles. The van der Waals surface area contributed by atoms with Crippen molar-refractivity contribution in [2.24, 2.45) is 5.11 Å². The zero-order valence-corrected chi connectivity index (χ0v) is 6.16. The Hall–Kier alpha value is -1.51. The Morgan fingerprint density at radius 3 is 2.82 bits per heavy atom. The summed E-state index contributed by atoms with van der Waals surface area (Å²) in [5.74, 6) is -0.00417. The molecular weight excluding hydrogens is 140 g/mol. The van der Waals surface area contributed by atoms with Gasteiger partial charge in [0.1, 0.15) is 0 Å². The predicted molar refractivity (Wildman–Crippen MR) is 41.3 cm³/mol. The highest BCUT2D eigenvalue weighted by Crippen LogP contribution is 2.13. The van der Waals surface area contributed by atoms with E-state index in [4.69, 9.17) is 5.53 Å². The Bertz CT molecular complexity index is 294. The summed E-state index contributed by atoms with van der Waals surface area (Å²) in [4.78, 5) is 10.8. The minimum absolute atomic E-state index is 0.00417. The van der Waals surface area contributed by atoms with Crippen LogP contribution in [-0.2, 0) is 0 Å². The number of rotatable bonds is 2. The molecule has 0 aliphatic heterocycles. The lowest BCUT2D eigenvalue weighted by atomic mass is 10.1. The van der Waals surface area contributed by atoms with Crippen LogP contribution in [0.1, 0.15) is 17.3 Å². The number of Topliss-reactive ketones (excluding diaryl/α,β-unsaturated/α-hetero) is 1. The highest BCUT2D eigenvalue weighted by Gasteiger charge is 1.98. The number of carbonyl (C=O) groups excluding carboxylic acids is 1. The molecule has 0 saturated carbocycles. The van der Waals surface area contributed by atoms with Gasteiger partial charge in [0, 0.05) is 5.56 Å². The van der Waals surface area contributed by atoms with Crippen molar-refractivity contribution in [3.8, 4) is 0 Å². The van der Waals surface area contributed by atoms with Crippen LogP contribution in [0.4, 0.5) is 5.69 Å². The van der Waals surface area contributed by atoms with E-state index in [0.717, 1.165) is 0 Å². The van der Waals surface area contributed by atoms with E-state index in [-0.39, 0.29) is 5.78 Å². The van der Waals surface area contributed by atoms with Gasteiger partial charge in [0.05, 0.1) is 5.69 Å². The van der Waals surface area contributed by atoms with Gasteiger partial charge in [-0.05, 0) is 19.1 Å². The first-order valence-corrected chi connectivity index (χ1v) is 3.22. The molecule has 0 aliphatic rings. The van der Waals surface area contributed by atoms with Crippen LogP contribution in [0.15, 0.2) is 29.4 Å². The predicted octanol–water partition coefficient (Wildman–Crippen LogP) is 2.55. The van der Waals surface area contributed by atoms with Gasteiger partial charge in [-0.3, -0.25) is 4.79 Å². The van der Waals surface area contributed by atoms with Gasteiger partial charge in [-0.25, -0.2) is 5.53 Å². The second kappa shape index (κ2) is 3.05. The molecular formula is C8H8N2O. The van der Waals surface area contributed by atoms with Crippen LogP contribution < -0.4 is 0 Å². The first kappa shape index (κ1) is 7.60. The molecule has 0 radical (unpaired) electrons. The van der Waals surface area contributed by atoms with Crippen molar-refractivity contribution >= 4 is 11.5 Å². The highest BCUT2D eigenvalue weighted by molar-refractivity contribution is 5.94. The molecule has 0 unspecified atom stereocenters. The van der Waals surface area contributed by atoms with Gasteiger partial charge in [0.25, 0.3) is 0 Å². The minimum Gasteiger partial charge on any atom is -0.295 e. The SMILES string of the molecule is CC(=O)c1cccc(N=N)c1. The Balaban J connectivity index is 3.10. The summed E-state index contributed by atoms with van der Waals surface area (Å²) >= 11 is 0. The van der Waals surface area contributed by atoms with Crippen molar-refractivity contribution in [3.63, 3.8) is 0 Å². The molecule has 3 heteroatoms. The van der Waals surface area contributed by atoms with Crippen LogP contribution in [0, 0.1) is 5.53 Å². The first-order chi connectivity index (χ1) is 5.24. The van der Waals surface area contributed by atoms with Gasteiger partial charge in [0.15, 0.2) is 5.78 Å². The lowest BCUT2D eigenvalue weighted by molar-refractivity contribution is 0.101. The van der Waals surface area contributed by atoms with Gasteiger partial charge in [-0.2, -0.15) is 5.11 Å². The highest BCUT2D eigenvalue weighted by atomic mass is 16.1. The average Bonchev–Trinajstić information content (AvgIpc) is 2.05. The van der Waals surface area contributed by atoms with Crippen molar-refractivity contribution in [2.45, 2.75) is 6.92 Å². The summed E-state index contributed by atoms with van der Waals surface area (Å²) < 4.78 is 0. The average molecular weight is 148 g/mol. The molecule has 11 heavy (non-hydrogen) atoms. The number of benzene rings is 1. The Kier molecular flexibility index (Phi) is 2.11. The van der Waals surface area contributed by atoms with E-state index in [2.05, 4.69) is 5.11 Å². The van der Waals surface area contributed by atoms with Gasteiger partial charge in [-0.1, -0.05) is 12.1 Å². The second-order valence-corrected chi connectivity index (χ2v) is 2.22. The van der Waals surface area contributed by atoms with Gasteiger partial charge < -0.3 is 0 Å². The summed E-state index contributed by atoms with van der Waals surface area (Å²) in [7, 11) is 0. The van der Waals surface area contributed by atoms with Crippen molar-refractivity contribution in [1.29, 1.82) is 5.53 Å². The Morgan fingerprint density at radius 2 is 2.27 bits per heavy atom. The molecule has 0 saturated heterocycles. The fourth-order valence-corrected chi connectivity index (χ4v) is 0.794. The second-order valence-electron chi connectivity index (χ2n) is 2.22. The van der Waals surface area contributed by atoms with Crippen molar-refractivity contribution in [2.75, 3.05) is 0 Å². The zero-order valence-electron chi connectivity index (χ0n) is 6.16. The van der Waals surface area contributed by atoms with Crippen LogP contribution in [0.2, 0.25) is 0 Å². The molecule has 56 valence electrons. The monoisotopic (exact) mass is 148 g/mol. The van der Waals surface area contributed by atoms with E-state index in [1.165, 1.54) is 6.92 Å². The first-order valence-electron chi connectivity index (χ1n) is 3.22. The maximum Gasteiger partial charge on any atom is 0.159 e. The fraction of sp³-hybridized carbons (Fsp3) is 0.125. The molecule has 1 rings (SSSR count). The third-order valence-electron chi connectivity index (χ3n) is 1.38. The number of nitrogens with one attached hydrogen (secondary N) is 1. The molecule has 0 spiro atoms. The number of ketones is 1. The quantitative estimate of drug-likeness (QED) is 0.508. The molecule has 0 heterocycles. The summed E-state index contributed by atoms with van der Waals surface area (Å²) in [6, 6.07) is 6.69. The maximum atomic E-state index is 10.8. The summed E-state index contributed by atoms with van der Waals surface area (Å²) in [5.41, 5.74) is 7.80. The van der Waals surface area contributed by atoms with E-state index < -0.39 is 0 Å². The lowest BCUT2D eigenvalue weighted by Gasteiger charge is -1.94. The van der Waals surface area contributed by atoms with E-state index in [1.54, 1.807) is 24.3 Å². The van der Waals surface area contributed by atoms with Crippen molar-refractivity contribution < 1.29 is 4.79 Å². The molecule has 0 bridgehead atoms. The Morgan fingerprint density at radius 1 is 1.55 bits per heavy atom. The number of hydrogen-bond acceptors (Lipinski definition) is 3. The molecule has 0 atom stereocenters. The van der Waals surface area contributed by atoms with Gasteiger partial charge in [-0.15, -0.1) is 0 Å². The largest absolute Gasteiger partial charge is 0.295 e. The van der Waals surface area contributed by atoms with Crippen LogP contribution in [0.3, 0.4) is 0 Å². The van der Waals surface area contributed by atoms with Crippen molar-refractivity contribution in [1.82, 2.24) is 0 Å². The van der Waals surface area contributed by atoms with Crippen LogP contribution >= 0.6 is 0 Å². The van der Waals surface area contributed by atoms with Crippen LogP contribution in [0.25, 0.3) is 0 Å². The molecule has 0 aromatic heterocycles. The number of carbonyl (C=O) groups is 1. The molecule has 1 N–H and O–H groups in total. The minimum atomic E-state index is -0.00417. The third kappa shape index (κ3) is 1.70. The lowest BCUT2D eigenvalue weighted by Crippen LogP contribution is -1.89. The molecule has 1 aromatic carbocycles. The molecule has 1 aromatic rings. The van der Waals surface area contributed by atoms with E-state index in [0.29, 0.717) is 11.3 Å². The smallest absolute Gasteiger partial charge is 0.159 e. The van der Waals surface area contributed by atoms with Crippen LogP contribution in [0.5, 0.6) is 0 Å². The van der Waals surface area contributed by atoms with Gasteiger partial charge in [0.2, 0.25) is 0 Å². The van der Waals surface area contributed by atoms with E-state index >= 15 is 0 Å². The fourth-order valence-electron chi connectivity index (χ4n) is 0.794. The van der Waals surface area contributed by atoms with Crippen LogP contribution in [-0.4, -0.2) is 5.78 Å². The number of hydrogen-bond donors (Lipinski definition) is 1. The number of nitrogens with zero attached hydrogens (tertiary/aromatic N) is 1. The Labute approximate surface area is 64.6 Å².